The van der Waals surface area contributed by atoms with Crippen molar-refractivity contribution in [2.75, 3.05) is 0 Å². The van der Waals surface area contributed by atoms with Gasteiger partial charge in [-0.2, -0.15) is 0 Å². The summed E-state index contributed by atoms with van der Waals surface area (Å²) in [6, 6.07) is 6.59. The number of carbonyl (C=O) groups is 1. The second-order valence-corrected chi connectivity index (χ2v) is 4.82. The average molecular weight is 200 g/mol. The minimum absolute atomic E-state index is 0.352. The maximum atomic E-state index is 11.6. The summed E-state index contributed by atoms with van der Waals surface area (Å²) in [5.41, 5.74) is 3.68. The Balaban J connectivity index is 1.97. The van der Waals surface area contributed by atoms with Gasteiger partial charge >= 0.3 is 0 Å². The van der Waals surface area contributed by atoms with Crippen molar-refractivity contribution in [1.82, 2.24) is 0 Å². The molecule has 1 heteroatoms. The van der Waals surface area contributed by atoms with Crippen molar-refractivity contribution >= 4 is 5.78 Å². The molecule has 1 nitrogen and oxygen atoms in total. The molecule has 0 N–H and O–H groups in total. The molecule has 0 aliphatic heterocycles. The molecule has 0 aromatic heterocycles. The Hall–Kier alpha value is -1.11. The van der Waals surface area contributed by atoms with Gasteiger partial charge in [-0.1, -0.05) is 25.0 Å². The first-order chi connectivity index (χ1) is 7.34. The first-order valence-electron chi connectivity index (χ1n) is 6.00. The normalized spacial score (nSPS) is 20.9. The molecule has 15 heavy (non-hydrogen) atoms. The molecule has 0 spiro atoms. The van der Waals surface area contributed by atoms with Gasteiger partial charge in [-0.05, 0) is 42.4 Å². The molecule has 3 rings (SSSR count). The molecule has 0 amide bonds. The molecule has 2 aliphatic carbocycles. The Bertz CT molecular complexity index is 400. The minimum atomic E-state index is 0.352. The van der Waals surface area contributed by atoms with Gasteiger partial charge in [0.25, 0.3) is 0 Å². The summed E-state index contributed by atoms with van der Waals surface area (Å²) in [5.74, 6) is 1.08. The van der Waals surface area contributed by atoms with E-state index in [-0.39, 0.29) is 0 Å². The smallest absolute Gasteiger partial charge is 0.163 e. The van der Waals surface area contributed by atoms with E-state index in [9.17, 15) is 4.79 Å². The van der Waals surface area contributed by atoms with Crippen LogP contribution in [-0.4, -0.2) is 5.78 Å². The van der Waals surface area contributed by atoms with Gasteiger partial charge in [-0.3, -0.25) is 4.79 Å². The summed E-state index contributed by atoms with van der Waals surface area (Å²) in [4.78, 5) is 11.6. The highest BCUT2D eigenvalue weighted by atomic mass is 16.1. The van der Waals surface area contributed by atoms with Crippen molar-refractivity contribution < 1.29 is 4.79 Å². The fourth-order valence-corrected chi connectivity index (χ4v) is 2.97. The first kappa shape index (κ1) is 9.14. The standard InChI is InChI=1S/C14H16O/c15-14-8-7-11-5-6-12(9-13(11)14)10-3-1-2-4-10/h5-6,9-10H,1-4,7-8H2. The molecule has 0 unspecified atom stereocenters. The predicted octanol–water partition coefficient (Wildman–Crippen LogP) is 3.47. The lowest BCUT2D eigenvalue weighted by Gasteiger charge is -2.10. The highest BCUT2D eigenvalue weighted by molar-refractivity contribution is 6.00. The summed E-state index contributed by atoms with van der Waals surface area (Å²) < 4.78 is 0. The molecule has 1 aromatic carbocycles. The van der Waals surface area contributed by atoms with E-state index < -0.39 is 0 Å². The first-order valence-corrected chi connectivity index (χ1v) is 6.00. The highest BCUT2D eigenvalue weighted by Gasteiger charge is 2.22. The maximum Gasteiger partial charge on any atom is 0.163 e. The van der Waals surface area contributed by atoms with E-state index in [4.69, 9.17) is 0 Å². The lowest BCUT2D eigenvalue weighted by atomic mass is 9.94. The molecular weight excluding hydrogens is 184 g/mol. The Labute approximate surface area is 90.5 Å². The van der Waals surface area contributed by atoms with Crippen LogP contribution in [0.2, 0.25) is 0 Å². The molecule has 0 heterocycles. The number of aryl methyl sites for hydroxylation is 1. The van der Waals surface area contributed by atoms with Crippen LogP contribution in [0.4, 0.5) is 0 Å². The Morgan fingerprint density at radius 3 is 2.67 bits per heavy atom. The molecule has 1 aromatic rings. The maximum absolute atomic E-state index is 11.6. The van der Waals surface area contributed by atoms with Crippen molar-refractivity contribution in [2.24, 2.45) is 0 Å². The molecule has 1 fully saturated rings. The fourth-order valence-electron chi connectivity index (χ4n) is 2.97. The lowest BCUT2D eigenvalue weighted by Crippen LogP contribution is -1.97. The Morgan fingerprint density at radius 1 is 1.07 bits per heavy atom. The molecule has 0 saturated heterocycles. The van der Waals surface area contributed by atoms with Crippen molar-refractivity contribution in [2.45, 2.75) is 44.4 Å². The number of ketones is 1. The summed E-state index contributed by atoms with van der Waals surface area (Å²) in [5, 5.41) is 0. The zero-order chi connectivity index (χ0) is 10.3. The Kier molecular flexibility index (Phi) is 2.12. The van der Waals surface area contributed by atoms with Gasteiger partial charge in [0.15, 0.2) is 5.78 Å². The van der Waals surface area contributed by atoms with Crippen LogP contribution in [0.5, 0.6) is 0 Å². The number of benzene rings is 1. The second kappa shape index (κ2) is 3.48. The highest BCUT2D eigenvalue weighted by Crippen LogP contribution is 2.35. The predicted molar refractivity (Wildman–Crippen MR) is 60.3 cm³/mol. The monoisotopic (exact) mass is 200 g/mol. The summed E-state index contributed by atoms with van der Waals surface area (Å²) in [6.07, 6.45) is 7.02. The van der Waals surface area contributed by atoms with E-state index in [2.05, 4.69) is 18.2 Å². The van der Waals surface area contributed by atoms with Gasteiger partial charge in [-0.25, -0.2) is 0 Å². The van der Waals surface area contributed by atoms with Crippen molar-refractivity contribution in [1.29, 1.82) is 0 Å². The molecule has 0 atom stereocenters. The topological polar surface area (TPSA) is 17.1 Å². The van der Waals surface area contributed by atoms with Gasteiger partial charge in [0.1, 0.15) is 0 Å². The van der Waals surface area contributed by atoms with E-state index in [1.807, 2.05) is 0 Å². The van der Waals surface area contributed by atoms with E-state index in [0.717, 1.165) is 24.3 Å². The number of hydrogen-bond acceptors (Lipinski definition) is 1. The van der Waals surface area contributed by atoms with Crippen LogP contribution in [0, 0.1) is 0 Å². The van der Waals surface area contributed by atoms with E-state index in [0.29, 0.717) is 5.78 Å². The molecular formula is C14H16O. The van der Waals surface area contributed by atoms with E-state index >= 15 is 0 Å². The third-order valence-corrected chi connectivity index (χ3v) is 3.88. The fraction of sp³-hybridized carbons (Fsp3) is 0.500. The molecule has 1 saturated carbocycles. The largest absolute Gasteiger partial charge is 0.294 e. The van der Waals surface area contributed by atoms with Gasteiger partial charge in [-0.15, -0.1) is 0 Å². The second-order valence-electron chi connectivity index (χ2n) is 4.82. The van der Waals surface area contributed by atoms with Crippen molar-refractivity contribution in [3.63, 3.8) is 0 Å². The lowest BCUT2D eigenvalue weighted by molar-refractivity contribution is 0.0994. The number of fused-ring (bicyclic) bond motifs is 1. The Morgan fingerprint density at radius 2 is 1.87 bits per heavy atom. The van der Waals surface area contributed by atoms with Crippen LogP contribution in [-0.2, 0) is 6.42 Å². The number of carbonyl (C=O) groups excluding carboxylic acids is 1. The van der Waals surface area contributed by atoms with Gasteiger partial charge < -0.3 is 0 Å². The summed E-state index contributed by atoms with van der Waals surface area (Å²) in [7, 11) is 0. The van der Waals surface area contributed by atoms with Crippen molar-refractivity contribution in [3.8, 4) is 0 Å². The zero-order valence-corrected chi connectivity index (χ0v) is 8.96. The van der Waals surface area contributed by atoms with E-state index in [1.54, 1.807) is 0 Å². The van der Waals surface area contributed by atoms with Gasteiger partial charge in [0.05, 0.1) is 0 Å². The molecule has 0 radical (unpaired) electrons. The molecule has 78 valence electrons. The number of hydrogen-bond donors (Lipinski definition) is 0. The van der Waals surface area contributed by atoms with Gasteiger partial charge in [0.2, 0.25) is 0 Å². The molecule has 0 bridgehead atoms. The van der Waals surface area contributed by atoms with Crippen LogP contribution in [0.15, 0.2) is 18.2 Å². The summed E-state index contributed by atoms with van der Waals surface area (Å²) in [6.45, 7) is 0. The van der Waals surface area contributed by atoms with Crippen LogP contribution in [0.25, 0.3) is 0 Å². The van der Waals surface area contributed by atoms with Crippen LogP contribution >= 0.6 is 0 Å². The quantitative estimate of drug-likeness (QED) is 0.678. The third-order valence-electron chi connectivity index (χ3n) is 3.88. The third kappa shape index (κ3) is 1.50. The number of Topliss-reactive ketones (excluding diaryl/α,β-unsaturated/α-hetero) is 1. The SMILES string of the molecule is O=C1CCc2ccc(C3CCCC3)cc21. The average Bonchev–Trinajstić information content (AvgIpc) is 2.88. The minimum Gasteiger partial charge on any atom is -0.294 e. The molecule has 2 aliphatic rings. The van der Waals surface area contributed by atoms with Crippen LogP contribution in [0.1, 0.15) is 59.5 Å². The zero-order valence-electron chi connectivity index (χ0n) is 8.96. The summed E-state index contributed by atoms with van der Waals surface area (Å²) >= 11 is 0. The van der Waals surface area contributed by atoms with Crippen LogP contribution in [0.3, 0.4) is 0 Å². The van der Waals surface area contributed by atoms with Gasteiger partial charge in [0, 0.05) is 12.0 Å². The van der Waals surface area contributed by atoms with Crippen LogP contribution < -0.4 is 0 Å². The van der Waals surface area contributed by atoms with E-state index in [1.165, 1.54) is 36.8 Å². The number of rotatable bonds is 1. The van der Waals surface area contributed by atoms with Crippen molar-refractivity contribution in [3.05, 3.63) is 34.9 Å².